The molecule has 9 aromatic heterocycles. The maximum Gasteiger partial charge on any atom is 0.388 e. The van der Waals surface area contributed by atoms with Crippen LogP contribution in [0.25, 0.3) is 33.7 Å². The molecule has 0 amide bonds. The summed E-state index contributed by atoms with van der Waals surface area (Å²) in [6.07, 6.45) is 7.83. The van der Waals surface area contributed by atoms with Crippen molar-refractivity contribution in [2.24, 2.45) is 0 Å². The zero-order chi connectivity index (χ0) is 62.0. The fourth-order valence-electron chi connectivity index (χ4n) is 7.26. The Hall–Kier alpha value is -6.50. The second-order valence-corrected chi connectivity index (χ2v) is 19.9. The van der Waals surface area contributed by atoms with Crippen LogP contribution in [0.3, 0.4) is 0 Å². The number of ether oxygens (including phenoxy) is 1. The van der Waals surface area contributed by atoms with Crippen LogP contribution in [-0.4, -0.2) is 75.9 Å². The molecule has 5 radical (unpaired) electrons. The smallest absolute Gasteiger partial charge is 0.388 e. The normalized spacial score (nSPS) is 10.7. The van der Waals surface area contributed by atoms with E-state index in [0.29, 0.717) is 52.2 Å². The number of nitrogens with zero attached hydrogens (tertiary/aromatic N) is 16. The number of aromatic nitrogens is 14. The zero-order valence-corrected chi connectivity index (χ0v) is 60.9. The third kappa shape index (κ3) is 23.9. The average Bonchev–Trinajstić information content (AvgIpc) is 2.22. The van der Waals surface area contributed by atoms with E-state index in [1.165, 1.54) is 16.5 Å². The molecule has 487 valence electrons. The molecule has 1 aromatic carbocycles. The van der Waals surface area contributed by atoms with Gasteiger partial charge in [-0.1, -0.05) is 116 Å². The van der Waals surface area contributed by atoms with Crippen molar-refractivity contribution in [1.29, 1.82) is 5.26 Å². The Morgan fingerprint density at radius 2 is 1.19 bits per heavy atom. The Balaban J connectivity index is 0.000000558. The molecule has 0 unspecified atom stereocenters. The number of para-hydroxylation sites is 1. The molecule has 10 aromatic rings. The minimum Gasteiger partial charge on any atom is -0.389 e. The molecule has 0 N–H and O–H groups in total. The number of hydrogen-bond donors (Lipinski definition) is 0. The number of hydrogen-bond acceptors (Lipinski definition) is 11. The molecule has 10 rings (SSSR count). The molecule has 0 saturated heterocycles. The Labute approximate surface area is 583 Å². The van der Waals surface area contributed by atoms with Gasteiger partial charge < -0.3 is 23.8 Å². The first-order valence-electron chi connectivity index (χ1n) is 25.7. The molecule has 17 nitrogen and oxygen atoms in total. The molecule has 30 heteroatoms. The van der Waals surface area contributed by atoms with Crippen LogP contribution in [0.4, 0.5) is 40.8 Å². The van der Waals surface area contributed by atoms with Crippen molar-refractivity contribution < 1.29 is 140 Å². The summed E-state index contributed by atoms with van der Waals surface area (Å²) in [5.74, 6) is 1.20. The fraction of sp³-hybridized carbons (Fsp3) is 0.283. The number of aryl methyl sites for hydroxylation is 1. The van der Waals surface area contributed by atoms with Crippen molar-refractivity contribution in [1.82, 2.24) is 68.8 Å². The molecular weight excluding hydrogens is 2070 g/mol. The quantitative estimate of drug-likeness (QED) is 0.0889. The molecular formula is C60H55F8Ir5N16O-5. The van der Waals surface area contributed by atoms with E-state index in [9.17, 15) is 35.1 Å². The molecule has 0 saturated carbocycles. The van der Waals surface area contributed by atoms with Crippen molar-refractivity contribution >= 4 is 5.69 Å². The summed E-state index contributed by atoms with van der Waals surface area (Å²) in [5.41, 5.74) is 4.43. The predicted molar refractivity (Wildman–Crippen MR) is 296 cm³/mol. The van der Waals surface area contributed by atoms with Crippen LogP contribution in [0.15, 0.2) is 128 Å². The molecule has 0 bridgehead atoms. The van der Waals surface area contributed by atoms with Crippen LogP contribution >= 0.6 is 0 Å². The van der Waals surface area contributed by atoms with Crippen LogP contribution in [-0.2, 0) is 161 Å². The van der Waals surface area contributed by atoms with E-state index < -0.39 is 37.1 Å². The number of benzene rings is 1. The number of rotatable bonds is 11. The van der Waals surface area contributed by atoms with Crippen LogP contribution in [0.2, 0.25) is 0 Å². The van der Waals surface area contributed by atoms with E-state index in [0.717, 1.165) is 44.0 Å². The molecule has 0 aliphatic heterocycles. The summed E-state index contributed by atoms with van der Waals surface area (Å²) in [7, 11) is 1.51. The molecule has 0 aliphatic carbocycles. The van der Waals surface area contributed by atoms with Crippen molar-refractivity contribution in [3.05, 3.63) is 221 Å². The van der Waals surface area contributed by atoms with E-state index >= 15 is 0 Å². The topological polar surface area (TPSA) is 178 Å². The van der Waals surface area contributed by atoms with E-state index in [2.05, 4.69) is 102 Å². The van der Waals surface area contributed by atoms with Gasteiger partial charge >= 0.3 is 12.4 Å². The molecule has 0 spiro atoms. The van der Waals surface area contributed by atoms with Crippen molar-refractivity contribution in [3.63, 3.8) is 0 Å². The van der Waals surface area contributed by atoms with Gasteiger partial charge in [-0.25, -0.2) is 13.6 Å². The molecule has 90 heavy (non-hydrogen) atoms. The maximum absolute atomic E-state index is 13.0. The van der Waals surface area contributed by atoms with Crippen molar-refractivity contribution in [3.8, 4) is 34.9 Å². The van der Waals surface area contributed by atoms with Gasteiger partial charge in [-0.3, -0.25) is 39.6 Å². The fourth-order valence-corrected chi connectivity index (χ4v) is 7.26. The van der Waals surface area contributed by atoms with E-state index in [-0.39, 0.29) is 130 Å². The first-order chi connectivity index (χ1) is 40.4. The van der Waals surface area contributed by atoms with E-state index in [1.54, 1.807) is 84.1 Å². The van der Waals surface area contributed by atoms with Gasteiger partial charge in [0.1, 0.15) is 13.3 Å². The second kappa shape index (κ2) is 37.7. The number of pyridine rings is 4. The average molecular weight is 2130 g/mol. The summed E-state index contributed by atoms with van der Waals surface area (Å²) in [6, 6.07) is 34.3. The van der Waals surface area contributed by atoms with Gasteiger partial charge in [0.05, 0.1) is 77.3 Å². The van der Waals surface area contributed by atoms with Gasteiger partial charge in [0.15, 0.2) is 0 Å². The van der Waals surface area contributed by atoms with Crippen LogP contribution in [0, 0.1) is 48.6 Å². The van der Waals surface area contributed by atoms with E-state index in [1.807, 2.05) is 70.3 Å². The summed E-state index contributed by atoms with van der Waals surface area (Å²) in [6.45, 7) is 20.4. The van der Waals surface area contributed by atoms with Crippen molar-refractivity contribution in [2.75, 3.05) is 7.11 Å². The number of alkyl halides is 8. The summed E-state index contributed by atoms with van der Waals surface area (Å²) in [4.78, 5) is 19.7. The largest absolute Gasteiger partial charge is 0.389 e. The van der Waals surface area contributed by atoms with Gasteiger partial charge in [-0.2, -0.15) is 78.2 Å². The number of methoxy groups -OCH3 is 1. The molecule has 9 heterocycles. The summed E-state index contributed by atoms with van der Waals surface area (Å²) in [5, 5.41) is 27.9. The molecule has 0 aliphatic rings. The monoisotopic (exact) mass is 2130 g/mol. The minimum absolute atomic E-state index is 0. The Kier molecular flexibility index (Phi) is 34.2. The van der Waals surface area contributed by atoms with Crippen LogP contribution < -0.4 is 0 Å². The summed E-state index contributed by atoms with van der Waals surface area (Å²) < 4.78 is 112. The minimum atomic E-state index is -4.48. The van der Waals surface area contributed by atoms with Gasteiger partial charge in [-0.05, 0) is 52.4 Å². The van der Waals surface area contributed by atoms with Crippen molar-refractivity contribution in [2.45, 2.75) is 104 Å². The van der Waals surface area contributed by atoms with Gasteiger partial charge in [0, 0.05) is 131 Å². The maximum atomic E-state index is 13.0. The third-order valence-electron chi connectivity index (χ3n) is 11.5. The standard InChI is InChI=1S/C15H17F3N3.C14H16FN2.C11H9F3N3O.C11H6N5.C9H7FN3.5Ir/c1-5-11-8-10(14(2,3)4)9-13(19-11)21-7-6-12(20-21)15(16,17)18;1-14(2,3)12-10-17(16-13(12)9-15)11-7-5-4-6-8-11;1-18-7-8-3-2-4-10(15-8)17-6-5-9(16-17)11(12,13)14;1-13-11-8-16(15-10(11)4-5-12)9-3-2-6-14-7-9;10-7-8-3-1-4-9(12-8)13-6-2-5-11-13;;;;;/h6,8-9H,5H2,1-4H3;4-7,10H,9H2,1-3H3;2-5H,7H2,1H3;2,6-8H,4H2;1-5H,7H2;;;;;/q5*-1;;;;;. The number of nitriles is 1. The van der Waals surface area contributed by atoms with Gasteiger partial charge in [0.2, 0.25) is 5.69 Å². The first-order valence-corrected chi connectivity index (χ1v) is 25.7. The Morgan fingerprint density at radius 1 is 0.611 bits per heavy atom. The predicted octanol–water partition coefficient (Wildman–Crippen LogP) is 12.8. The van der Waals surface area contributed by atoms with Crippen LogP contribution in [0.1, 0.15) is 99.5 Å². The van der Waals surface area contributed by atoms with Crippen LogP contribution in [0.5, 0.6) is 0 Å². The molecule has 0 atom stereocenters. The van der Waals surface area contributed by atoms with E-state index in [4.69, 9.17) is 16.6 Å². The SMILES string of the molecule is CC(C)(C)c1cn(-c2[c-]cccc2)nc1CF.CCc1cc(C(C)(C)C)cc(-n2[c-]cc(C(F)(F)F)n2)n1.COCc1cccc(-n2[c-]cc(C(F)(F)F)n2)n1.FCc1cccc(-n2[c-]ccn2)n1.[C-]#[N+]c1cn(-c2[c-]ccnc2)nc1CC#N.[Ir].[Ir].[Ir].[Ir].[Ir]. The number of halogens is 8. The molecule has 0 fully saturated rings. The zero-order valence-electron chi connectivity index (χ0n) is 48.9. The summed E-state index contributed by atoms with van der Waals surface area (Å²) >= 11 is 0. The Morgan fingerprint density at radius 3 is 1.67 bits per heavy atom. The second-order valence-electron chi connectivity index (χ2n) is 19.9. The van der Waals surface area contributed by atoms with Gasteiger partial charge in [-0.15, -0.1) is 24.3 Å². The van der Waals surface area contributed by atoms with Gasteiger partial charge in [0.25, 0.3) is 0 Å². The Bertz CT molecular complexity index is 3800. The first kappa shape index (κ1) is 81.5. The third-order valence-corrected chi connectivity index (χ3v) is 11.5.